The largest absolute Gasteiger partial charge is 0.469 e. The molecule has 3 rings (SSSR count). The number of amides is 3. The van der Waals surface area contributed by atoms with E-state index in [1.807, 2.05) is 0 Å². The van der Waals surface area contributed by atoms with E-state index in [1.54, 1.807) is 30.6 Å². The van der Waals surface area contributed by atoms with Crippen LogP contribution in [0.2, 0.25) is 0 Å². The number of ether oxygens (including phenoxy) is 1. The summed E-state index contributed by atoms with van der Waals surface area (Å²) in [5.41, 5.74) is 1.94. The van der Waals surface area contributed by atoms with Gasteiger partial charge in [0.05, 0.1) is 31.3 Å². The maximum absolute atomic E-state index is 13.1. The second kappa shape index (κ2) is 10.9. The lowest BCUT2D eigenvalue weighted by atomic mass is 9.93. The summed E-state index contributed by atoms with van der Waals surface area (Å²) in [5.74, 6) is -0.697. The number of nitrogens with one attached hydrogen (secondary N) is 3. The molecule has 0 spiro atoms. The van der Waals surface area contributed by atoms with Crippen LogP contribution in [0.3, 0.4) is 0 Å². The van der Waals surface area contributed by atoms with Crippen LogP contribution in [-0.2, 0) is 27.2 Å². The van der Waals surface area contributed by atoms with Gasteiger partial charge < -0.3 is 15.4 Å². The van der Waals surface area contributed by atoms with Crippen molar-refractivity contribution in [2.75, 3.05) is 24.8 Å². The summed E-state index contributed by atoms with van der Waals surface area (Å²) in [4.78, 5) is 53.0. The van der Waals surface area contributed by atoms with Crippen LogP contribution in [0.4, 0.5) is 15.6 Å². The second-order valence-corrected chi connectivity index (χ2v) is 8.41. The molecule has 0 bridgehead atoms. The number of Topliss-reactive ketones (excluding diaryl/α,β-unsaturated/α-hetero) is 1. The monoisotopic (exact) mass is 458 g/mol. The first-order valence-electron chi connectivity index (χ1n) is 10.4. The average Bonchev–Trinajstić information content (AvgIpc) is 3.46. The maximum atomic E-state index is 13.1. The molecular weight excluding hydrogens is 432 g/mol. The predicted octanol–water partition coefficient (Wildman–Crippen LogP) is 3.16. The fourth-order valence-electron chi connectivity index (χ4n) is 3.61. The SMILES string of the molecule is CNC(=O)Cc1csc(NC(=O)Nc2ccc(CC(=O)OC)cc2C(=O)C2CCCC2)n1. The average molecular weight is 459 g/mol. The molecule has 1 aromatic carbocycles. The van der Waals surface area contributed by atoms with Crippen LogP contribution in [-0.4, -0.2) is 42.8 Å². The number of carbonyl (C=O) groups is 4. The van der Waals surface area contributed by atoms with E-state index in [2.05, 4.69) is 20.9 Å². The molecule has 1 aliphatic rings. The molecule has 2 aromatic rings. The van der Waals surface area contributed by atoms with Crippen LogP contribution >= 0.6 is 11.3 Å². The molecule has 0 unspecified atom stereocenters. The Bertz CT molecular complexity index is 1010. The predicted molar refractivity (Wildman–Crippen MR) is 121 cm³/mol. The van der Waals surface area contributed by atoms with Crippen LogP contribution in [0, 0.1) is 5.92 Å². The summed E-state index contributed by atoms with van der Waals surface area (Å²) >= 11 is 1.20. The van der Waals surface area contributed by atoms with E-state index >= 15 is 0 Å². The molecule has 1 heterocycles. The Morgan fingerprint density at radius 2 is 1.88 bits per heavy atom. The number of benzene rings is 1. The zero-order chi connectivity index (χ0) is 23.1. The molecule has 10 heteroatoms. The van der Waals surface area contributed by atoms with Gasteiger partial charge in [0.25, 0.3) is 0 Å². The van der Waals surface area contributed by atoms with E-state index in [4.69, 9.17) is 4.74 Å². The number of anilines is 2. The third-order valence-electron chi connectivity index (χ3n) is 5.29. The van der Waals surface area contributed by atoms with Gasteiger partial charge in [-0.1, -0.05) is 18.9 Å². The van der Waals surface area contributed by atoms with E-state index in [9.17, 15) is 19.2 Å². The number of carbonyl (C=O) groups excluding carboxylic acids is 4. The minimum atomic E-state index is -0.549. The van der Waals surface area contributed by atoms with Gasteiger partial charge in [-0.15, -0.1) is 11.3 Å². The van der Waals surface area contributed by atoms with E-state index < -0.39 is 12.0 Å². The Kier molecular flexibility index (Phi) is 7.93. The molecule has 9 nitrogen and oxygen atoms in total. The van der Waals surface area contributed by atoms with Crippen molar-refractivity contribution in [1.82, 2.24) is 10.3 Å². The minimum Gasteiger partial charge on any atom is -0.469 e. The highest BCUT2D eigenvalue weighted by Crippen LogP contribution is 2.31. The highest BCUT2D eigenvalue weighted by atomic mass is 32.1. The highest BCUT2D eigenvalue weighted by molar-refractivity contribution is 7.14. The first-order valence-corrected chi connectivity index (χ1v) is 11.2. The van der Waals surface area contributed by atoms with Crippen molar-refractivity contribution >= 4 is 45.8 Å². The molecule has 1 aromatic heterocycles. The van der Waals surface area contributed by atoms with Crippen molar-refractivity contribution in [1.29, 1.82) is 0 Å². The van der Waals surface area contributed by atoms with E-state index in [1.165, 1.54) is 18.4 Å². The normalized spacial score (nSPS) is 13.4. The van der Waals surface area contributed by atoms with Crippen molar-refractivity contribution in [3.05, 3.63) is 40.4 Å². The molecule has 170 valence electrons. The number of esters is 1. The Morgan fingerprint density at radius 1 is 1.12 bits per heavy atom. The van der Waals surface area contributed by atoms with Crippen LogP contribution in [0.5, 0.6) is 0 Å². The van der Waals surface area contributed by atoms with E-state index in [0.29, 0.717) is 27.6 Å². The Balaban J connectivity index is 1.75. The first kappa shape index (κ1) is 23.4. The van der Waals surface area contributed by atoms with Crippen LogP contribution in [0.15, 0.2) is 23.6 Å². The lowest BCUT2D eigenvalue weighted by Crippen LogP contribution is -2.23. The number of methoxy groups -OCH3 is 1. The van der Waals surface area contributed by atoms with Gasteiger partial charge in [-0.3, -0.25) is 19.7 Å². The third-order valence-corrected chi connectivity index (χ3v) is 6.10. The molecule has 0 aliphatic heterocycles. The Hall–Kier alpha value is -3.27. The first-order chi connectivity index (χ1) is 15.4. The molecule has 32 heavy (non-hydrogen) atoms. The molecule has 3 amide bonds. The van der Waals surface area contributed by atoms with Crippen LogP contribution < -0.4 is 16.0 Å². The number of rotatable bonds is 8. The molecule has 1 aliphatic carbocycles. The Morgan fingerprint density at radius 3 is 2.56 bits per heavy atom. The van der Waals surface area contributed by atoms with Crippen molar-refractivity contribution in [3.63, 3.8) is 0 Å². The van der Waals surface area contributed by atoms with Gasteiger partial charge in [-0.25, -0.2) is 9.78 Å². The van der Waals surface area contributed by atoms with Crippen LogP contribution in [0.25, 0.3) is 0 Å². The quantitative estimate of drug-likeness (QED) is 0.412. The molecule has 0 atom stereocenters. The van der Waals surface area contributed by atoms with Crippen molar-refractivity contribution in [2.45, 2.75) is 38.5 Å². The summed E-state index contributed by atoms with van der Waals surface area (Å²) in [6.07, 6.45) is 3.81. The standard InChI is InChI=1S/C22H26N4O5S/c1-23-18(27)11-15-12-32-22(24-15)26-21(30)25-17-8-7-13(10-19(28)31-2)9-16(17)20(29)14-5-3-4-6-14/h7-9,12,14H,3-6,10-11H2,1-2H3,(H,23,27)(H2,24,25,26,30). The van der Waals surface area contributed by atoms with E-state index in [0.717, 1.165) is 25.7 Å². The minimum absolute atomic E-state index is 0.0355. The van der Waals surface area contributed by atoms with Gasteiger partial charge in [0.15, 0.2) is 10.9 Å². The van der Waals surface area contributed by atoms with Crippen LogP contribution in [0.1, 0.15) is 47.3 Å². The summed E-state index contributed by atoms with van der Waals surface area (Å²) < 4.78 is 4.71. The fourth-order valence-corrected chi connectivity index (χ4v) is 4.32. The Labute approximate surface area is 189 Å². The fraction of sp³-hybridized carbons (Fsp3) is 0.409. The summed E-state index contributed by atoms with van der Waals surface area (Å²) in [7, 11) is 2.86. The van der Waals surface area contributed by atoms with Gasteiger partial charge in [-0.2, -0.15) is 0 Å². The smallest absolute Gasteiger partial charge is 0.325 e. The number of thiazole rings is 1. The summed E-state index contributed by atoms with van der Waals surface area (Å²) in [6.45, 7) is 0. The summed E-state index contributed by atoms with van der Waals surface area (Å²) in [6, 6.07) is 4.41. The third kappa shape index (κ3) is 6.13. The number of nitrogens with zero attached hydrogens (tertiary/aromatic N) is 1. The summed E-state index contributed by atoms with van der Waals surface area (Å²) in [5, 5.41) is 9.91. The van der Waals surface area contributed by atoms with Gasteiger partial charge in [-0.05, 0) is 30.5 Å². The van der Waals surface area contributed by atoms with Crippen molar-refractivity contribution < 1.29 is 23.9 Å². The molecular formula is C22H26N4O5S. The zero-order valence-corrected chi connectivity index (χ0v) is 18.8. The highest BCUT2D eigenvalue weighted by Gasteiger charge is 2.26. The topological polar surface area (TPSA) is 126 Å². The number of urea groups is 1. The molecule has 1 fully saturated rings. The maximum Gasteiger partial charge on any atom is 0.325 e. The lowest BCUT2D eigenvalue weighted by molar-refractivity contribution is -0.139. The molecule has 0 radical (unpaired) electrons. The van der Waals surface area contributed by atoms with Crippen molar-refractivity contribution in [3.8, 4) is 0 Å². The number of ketones is 1. The van der Waals surface area contributed by atoms with Gasteiger partial charge in [0, 0.05) is 23.9 Å². The number of hydrogen-bond donors (Lipinski definition) is 3. The number of aromatic nitrogens is 1. The zero-order valence-electron chi connectivity index (χ0n) is 18.0. The van der Waals surface area contributed by atoms with Gasteiger partial charge in [0.1, 0.15) is 0 Å². The lowest BCUT2D eigenvalue weighted by Gasteiger charge is -2.15. The van der Waals surface area contributed by atoms with Gasteiger partial charge >= 0.3 is 12.0 Å². The molecule has 0 saturated heterocycles. The number of hydrogen-bond acceptors (Lipinski definition) is 7. The van der Waals surface area contributed by atoms with E-state index in [-0.39, 0.29) is 30.4 Å². The molecule has 3 N–H and O–H groups in total. The molecule has 1 saturated carbocycles. The van der Waals surface area contributed by atoms with Gasteiger partial charge in [0.2, 0.25) is 5.91 Å². The van der Waals surface area contributed by atoms with Crippen molar-refractivity contribution in [2.24, 2.45) is 5.92 Å². The second-order valence-electron chi connectivity index (χ2n) is 7.55. The number of likely N-dealkylation sites (N-methyl/N-ethyl adjacent to an activating group) is 1.